The van der Waals surface area contributed by atoms with Gasteiger partial charge in [0.25, 0.3) is 0 Å². The van der Waals surface area contributed by atoms with Gasteiger partial charge >= 0.3 is 0 Å². The van der Waals surface area contributed by atoms with E-state index in [0.29, 0.717) is 11.1 Å². The zero-order valence-corrected chi connectivity index (χ0v) is 43.7. The third-order valence-electron chi connectivity index (χ3n) is 12.4. The van der Waals surface area contributed by atoms with E-state index >= 15 is 0 Å². The number of benzene rings is 2. The van der Waals surface area contributed by atoms with Crippen molar-refractivity contribution in [2.75, 3.05) is 26.2 Å². The molecule has 23 N–H and O–H groups in total. The molecule has 0 spiro atoms. The van der Waals surface area contributed by atoms with Crippen molar-refractivity contribution in [2.45, 2.75) is 126 Å². The molecule has 1 aliphatic rings. The second-order valence-corrected chi connectivity index (χ2v) is 18.7. The fourth-order valence-corrected chi connectivity index (χ4v) is 8.44. The van der Waals surface area contributed by atoms with Gasteiger partial charge in [-0.1, -0.05) is 48.5 Å². The molecule has 0 saturated carbocycles. The monoisotopic (exact) mass is 1090 g/mol. The molecule has 1 aromatic heterocycles. The first-order chi connectivity index (χ1) is 37.2. The first-order valence-electron chi connectivity index (χ1n) is 25.6. The number of fused-ring (bicyclic) bond motifs is 1. The Labute approximate surface area is 450 Å². The van der Waals surface area contributed by atoms with Crippen LogP contribution in [0.3, 0.4) is 0 Å². The van der Waals surface area contributed by atoms with E-state index in [-0.39, 0.29) is 115 Å². The van der Waals surface area contributed by atoms with Crippen LogP contribution < -0.4 is 82.7 Å². The molecule has 28 heteroatoms. The van der Waals surface area contributed by atoms with Gasteiger partial charge in [-0.25, -0.2) is 0 Å². The van der Waals surface area contributed by atoms with Crippen LogP contribution in [0.4, 0.5) is 0 Å². The number of para-hydroxylation sites is 1. The Kier molecular flexibility index (Phi) is 25.1. The maximum atomic E-state index is 14.7. The van der Waals surface area contributed by atoms with Crippen molar-refractivity contribution in [1.82, 2.24) is 47.5 Å². The maximum absolute atomic E-state index is 14.7. The molecule has 9 amide bonds. The highest BCUT2D eigenvalue weighted by Crippen LogP contribution is 2.20. The van der Waals surface area contributed by atoms with E-state index in [1.54, 1.807) is 36.5 Å². The molecule has 7 atom stereocenters. The highest BCUT2D eigenvalue weighted by molar-refractivity contribution is 5.99. The number of nitrogens with zero attached hydrogens (tertiary/aromatic N) is 3. The van der Waals surface area contributed by atoms with Gasteiger partial charge in [0, 0.05) is 63.0 Å². The lowest BCUT2D eigenvalue weighted by molar-refractivity contribution is -0.136. The van der Waals surface area contributed by atoms with Crippen molar-refractivity contribution >= 4 is 81.9 Å². The predicted molar refractivity (Wildman–Crippen MR) is 292 cm³/mol. The summed E-state index contributed by atoms with van der Waals surface area (Å²) >= 11 is 0. The number of primary amides is 1. The average molecular weight is 1090 g/mol. The minimum atomic E-state index is -1.66. The van der Waals surface area contributed by atoms with Crippen molar-refractivity contribution in [1.29, 1.82) is 0 Å². The third kappa shape index (κ3) is 21.7. The number of rotatable bonds is 20. The van der Waals surface area contributed by atoms with Crippen LogP contribution >= 0.6 is 0 Å². The predicted octanol–water partition coefficient (Wildman–Crippen LogP) is -4.30. The molecule has 424 valence electrons. The van der Waals surface area contributed by atoms with Crippen LogP contribution in [0, 0.1) is 0 Å². The molecule has 0 unspecified atom stereocenters. The molecule has 1 aliphatic heterocycles. The summed E-state index contributed by atoms with van der Waals surface area (Å²) in [4.78, 5) is 140. The molecular weight excluding hydrogens is 1010 g/mol. The molecule has 1 fully saturated rings. The van der Waals surface area contributed by atoms with Crippen LogP contribution in [0.1, 0.15) is 82.3 Å². The average Bonchev–Trinajstić information content (AvgIpc) is 3.80. The van der Waals surface area contributed by atoms with Crippen LogP contribution in [0.25, 0.3) is 10.9 Å². The van der Waals surface area contributed by atoms with E-state index in [4.69, 9.17) is 40.1 Å². The molecule has 0 radical (unpaired) electrons. The maximum Gasteiger partial charge on any atom is 0.243 e. The number of aliphatic imine (C=N–C) groups is 3. The molecule has 0 bridgehead atoms. The Bertz CT molecular complexity index is 2630. The third-order valence-corrected chi connectivity index (χ3v) is 12.4. The minimum Gasteiger partial charge on any atom is -0.370 e. The molecule has 2 heterocycles. The zero-order chi connectivity index (χ0) is 57.1. The SMILES string of the molecule is CC(=O)N[C@@H](CCCN=C(N)N)C(=O)N[C@H]1CC(=O)NCCCC[C@@H](C(N)=O)NC(=O)[C@H](Cc2c[nH]c3ccccc23)NC(=O)[C@H](CCCN=C(N)N)NC(=O)[C@@H](Cc2ccccc2)NC(=O)[C@@H](CCCN=C(N)N)NC1=O. The van der Waals surface area contributed by atoms with Gasteiger partial charge in [-0.2, -0.15) is 0 Å². The molecule has 4 rings (SSSR count). The normalized spacial score (nSPS) is 20.6. The minimum absolute atomic E-state index is 0.00330. The van der Waals surface area contributed by atoms with Gasteiger partial charge in [0.1, 0.15) is 42.3 Å². The summed E-state index contributed by atoms with van der Waals surface area (Å²) in [6.45, 7) is 1.34. The molecule has 78 heavy (non-hydrogen) atoms. The van der Waals surface area contributed by atoms with Crippen LogP contribution in [0.15, 0.2) is 75.8 Å². The van der Waals surface area contributed by atoms with Gasteiger partial charge in [-0.05, 0) is 75.0 Å². The quantitative estimate of drug-likeness (QED) is 0.0289. The summed E-state index contributed by atoms with van der Waals surface area (Å²) in [5.41, 5.74) is 41.0. The zero-order valence-electron chi connectivity index (χ0n) is 43.7. The van der Waals surface area contributed by atoms with Gasteiger partial charge in [-0.3, -0.25) is 58.1 Å². The van der Waals surface area contributed by atoms with E-state index in [1.165, 1.54) is 6.92 Å². The van der Waals surface area contributed by atoms with Gasteiger partial charge < -0.3 is 87.7 Å². The van der Waals surface area contributed by atoms with Gasteiger partial charge in [-0.15, -0.1) is 0 Å². The number of hydrogen-bond acceptors (Lipinski definition) is 12. The largest absolute Gasteiger partial charge is 0.370 e. The summed E-state index contributed by atoms with van der Waals surface area (Å²) in [5.74, 6) is -7.98. The van der Waals surface area contributed by atoms with Crippen LogP contribution in [-0.4, -0.2) is 144 Å². The topological polar surface area (TPSA) is 485 Å². The number of aromatic nitrogens is 1. The summed E-state index contributed by atoms with van der Waals surface area (Å²) in [7, 11) is 0. The van der Waals surface area contributed by atoms with Gasteiger partial charge in [0.2, 0.25) is 53.2 Å². The van der Waals surface area contributed by atoms with Crippen molar-refractivity contribution in [3.05, 3.63) is 71.9 Å². The summed E-state index contributed by atoms with van der Waals surface area (Å²) in [6, 6.07) is 6.15. The highest BCUT2D eigenvalue weighted by Gasteiger charge is 2.35. The Balaban J connectivity index is 1.80. The summed E-state index contributed by atoms with van der Waals surface area (Å²) in [6.07, 6.45) is 1.57. The van der Waals surface area contributed by atoms with E-state index in [9.17, 15) is 43.2 Å². The standard InChI is InChI=1S/C50H75N19O9/c1-28(70)63-34(17-9-21-59-48(52)53)42(73)69-39-26-40(71)58-20-8-7-16-33(41(51)72)64-46(77)38(25-30-27-62-32-15-6-5-14-31(30)32)68-44(75)36(19-11-23-61-50(56)57)65-45(76)37(24-29-12-3-2-4-13-29)67-43(74)35(66-47(39)78)18-10-22-60-49(54)55/h2-6,12-15,27,33-39,62H,7-11,16-26H2,1H3,(H2,51,72)(H,58,71)(H,63,70)(H,64,77)(H,65,76)(H,66,78)(H,67,74)(H,68,75)(H,69,73)(H4,52,53,59)(H4,54,55,60)(H4,56,57,61)/t33-,34-,35+,36-,37+,38-,39-/m0/s1. The second kappa shape index (κ2) is 31.8. The Morgan fingerprint density at radius 3 is 1.74 bits per heavy atom. The summed E-state index contributed by atoms with van der Waals surface area (Å²) < 4.78 is 0. The lowest BCUT2D eigenvalue weighted by Crippen LogP contribution is -2.60. The highest BCUT2D eigenvalue weighted by atomic mass is 16.2. The number of H-pyrrole nitrogens is 1. The lowest BCUT2D eigenvalue weighted by Gasteiger charge is -2.28. The van der Waals surface area contributed by atoms with Gasteiger partial charge in [0.05, 0.1) is 6.42 Å². The Hall–Kier alpha value is -8.98. The Morgan fingerprint density at radius 1 is 0.628 bits per heavy atom. The number of guanidine groups is 3. The summed E-state index contributed by atoms with van der Waals surface area (Å²) in [5, 5.41) is 22.1. The van der Waals surface area contributed by atoms with E-state index in [1.807, 2.05) is 24.3 Å². The Morgan fingerprint density at radius 2 is 1.15 bits per heavy atom. The lowest BCUT2D eigenvalue weighted by atomic mass is 10.0. The molecule has 3 aromatic rings. The molecule has 2 aromatic carbocycles. The van der Waals surface area contributed by atoms with E-state index in [2.05, 4.69) is 62.5 Å². The van der Waals surface area contributed by atoms with Crippen LogP contribution in [0.5, 0.6) is 0 Å². The first-order valence-corrected chi connectivity index (χ1v) is 25.6. The number of nitrogens with one attached hydrogen (secondary N) is 9. The number of nitrogens with two attached hydrogens (primary N) is 7. The molecular formula is C50H75N19O9. The van der Waals surface area contributed by atoms with Crippen LogP contribution in [-0.2, 0) is 56.0 Å². The second-order valence-electron chi connectivity index (χ2n) is 18.7. The number of carbonyl (C=O) groups excluding carboxylic acids is 9. The fourth-order valence-electron chi connectivity index (χ4n) is 8.44. The van der Waals surface area contributed by atoms with Crippen molar-refractivity contribution in [3.63, 3.8) is 0 Å². The van der Waals surface area contributed by atoms with Crippen molar-refractivity contribution in [2.24, 2.45) is 55.1 Å². The van der Waals surface area contributed by atoms with Gasteiger partial charge in [0.15, 0.2) is 17.9 Å². The number of amides is 9. The van der Waals surface area contributed by atoms with Crippen molar-refractivity contribution < 1.29 is 43.2 Å². The van der Waals surface area contributed by atoms with E-state index < -0.39 is 102 Å². The number of hydrogen-bond donors (Lipinski definition) is 16. The van der Waals surface area contributed by atoms with Crippen molar-refractivity contribution in [3.8, 4) is 0 Å². The van der Waals surface area contributed by atoms with E-state index in [0.717, 1.165) is 10.9 Å². The number of carbonyl (C=O) groups is 9. The van der Waals surface area contributed by atoms with Crippen LogP contribution in [0.2, 0.25) is 0 Å². The molecule has 28 nitrogen and oxygen atoms in total. The first kappa shape index (κ1) is 61.6. The fraction of sp³-hybridized carbons (Fsp3) is 0.480. The molecule has 0 aliphatic carbocycles. The number of aromatic amines is 1. The molecule has 1 saturated heterocycles. The smallest absolute Gasteiger partial charge is 0.243 e.